The van der Waals surface area contributed by atoms with Gasteiger partial charge in [-0.05, 0) is 60.3 Å². The topological polar surface area (TPSA) is 98.9 Å². The molecule has 0 unspecified atom stereocenters. The Balaban J connectivity index is 1.57. The van der Waals surface area contributed by atoms with E-state index < -0.39 is 5.91 Å². The number of rotatable bonds is 8. The van der Waals surface area contributed by atoms with Crippen molar-refractivity contribution in [3.63, 3.8) is 0 Å². The number of aromatic amines is 1. The summed E-state index contributed by atoms with van der Waals surface area (Å²) in [5.41, 5.74) is 0.578. The van der Waals surface area contributed by atoms with Crippen molar-refractivity contribution in [2.75, 3.05) is 18.4 Å². The number of carbonyl (C=O) groups is 2. The van der Waals surface area contributed by atoms with Crippen LogP contribution in [0.15, 0.2) is 28.7 Å². The highest BCUT2D eigenvalue weighted by Crippen LogP contribution is 2.27. The number of hydrogen-bond acceptors (Lipinski definition) is 4. The van der Waals surface area contributed by atoms with Crippen LogP contribution in [0.5, 0.6) is 0 Å². The fourth-order valence-corrected chi connectivity index (χ4v) is 3.23. The van der Waals surface area contributed by atoms with E-state index in [2.05, 4.69) is 42.1 Å². The van der Waals surface area contributed by atoms with Crippen LogP contribution in [-0.2, 0) is 0 Å². The monoisotopic (exact) mass is 453 g/mol. The number of benzene rings is 1. The van der Waals surface area contributed by atoms with Crippen LogP contribution in [0.1, 0.15) is 40.6 Å². The largest absolute Gasteiger partial charge is 0.347 e. The molecule has 1 aromatic heterocycles. The number of amides is 2. The molecule has 0 spiro atoms. The van der Waals surface area contributed by atoms with E-state index >= 15 is 0 Å². The van der Waals surface area contributed by atoms with Crippen molar-refractivity contribution >= 4 is 45.2 Å². The van der Waals surface area contributed by atoms with Crippen LogP contribution in [-0.4, -0.2) is 41.1 Å². The number of nitrogens with zero attached hydrogens (tertiary/aromatic N) is 1. The van der Waals surface area contributed by atoms with Gasteiger partial charge in [-0.1, -0.05) is 23.7 Å². The molecule has 1 heterocycles. The van der Waals surface area contributed by atoms with Crippen LogP contribution in [0, 0.1) is 5.92 Å². The molecule has 2 aromatic rings. The zero-order valence-electron chi connectivity index (χ0n) is 14.8. The molecule has 1 aliphatic carbocycles. The maximum atomic E-state index is 12.4. The summed E-state index contributed by atoms with van der Waals surface area (Å²) in [5, 5.41) is 15.9. The first kappa shape index (κ1) is 19.9. The predicted molar refractivity (Wildman–Crippen MR) is 108 cm³/mol. The molecule has 1 aromatic carbocycles. The Bertz CT molecular complexity index is 837. The maximum absolute atomic E-state index is 12.4. The Morgan fingerprint density at radius 1 is 1.33 bits per heavy atom. The van der Waals surface area contributed by atoms with Crippen LogP contribution in [0.25, 0.3) is 0 Å². The maximum Gasteiger partial charge on any atom is 0.270 e. The van der Waals surface area contributed by atoms with E-state index in [0.29, 0.717) is 21.6 Å². The molecular formula is C18H21BrClN5O2. The predicted octanol–water partition coefficient (Wildman–Crippen LogP) is 3.20. The van der Waals surface area contributed by atoms with Gasteiger partial charge >= 0.3 is 0 Å². The van der Waals surface area contributed by atoms with Gasteiger partial charge in [0, 0.05) is 12.6 Å². The first-order valence-electron chi connectivity index (χ1n) is 8.77. The first-order valence-corrected chi connectivity index (χ1v) is 9.94. The molecule has 0 aliphatic heterocycles. The van der Waals surface area contributed by atoms with Gasteiger partial charge in [-0.15, -0.1) is 0 Å². The van der Waals surface area contributed by atoms with Crippen LogP contribution in [0.2, 0.25) is 5.02 Å². The lowest BCUT2D eigenvalue weighted by molar-refractivity contribution is 0.0933. The molecule has 0 bridgehead atoms. The molecule has 9 heteroatoms. The number of halogens is 2. The summed E-state index contributed by atoms with van der Waals surface area (Å²) >= 11 is 9.36. The number of H-pyrrole nitrogens is 1. The molecule has 7 nitrogen and oxygen atoms in total. The number of carbonyl (C=O) groups excluding carboxylic acids is 2. The molecule has 0 radical (unpaired) electrons. The van der Waals surface area contributed by atoms with Crippen LogP contribution in [0.4, 0.5) is 5.82 Å². The summed E-state index contributed by atoms with van der Waals surface area (Å²) < 4.78 is 0.388. The molecule has 1 saturated carbocycles. The molecule has 4 N–H and O–H groups in total. The van der Waals surface area contributed by atoms with E-state index in [4.69, 9.17) is 11.6 Å². The average molecular weight is 455 g/mol. The SMILES string of the molecule is C[C@H](CNCC1CC1)NC(=O)c1[nH]nc(NC(=O)c2ccccc2Cl)c1Br. The minimum Gasteiger partial charge on any atom is -0.347 e. The van der Waals surface area contributed by atoms with Crippen molar-refractivity contribution in [1.82, 2.24) is 20.8 Å². The van der Waals surface area contributed by atoms with Crippen molar-refractivity contribution in [2.24, 2.45) is 5.92 Å². The number of nitrogens with one attached hydrogen (secondary N) is 4. The van der Waals surface area contributed by atoms with Gasteiger partial charge < -0.3 is 16.0 Å². The van der Waals surface area contributed by atoms with Gasteiger partial charge in [-0.2, -0.15) is 5.10 Å². The van der Waals surface area contributed by atoms with E-state index in [1.165, 1.54) is 12.8 Å². The minimum absolute atomic E-state index is 0.0346. The lowest BCUT2D eigenvalue weighted by Gasteiger charge is -2.14. The number of anilines is 1. The third-order valence-corrected chi connectivity index (χ3v) is 5.34. The third kappa shape index (κ3) is 5.31. The minimum atomic E-state index is -0.405. The second-order valence-corrected chi connectivity index (χ2v) is 7.87. The fourth-order valence-electron chi connectivity index (χ4n) is 2.55. The van der Waals surface area contributed by atoms with Gasteiger partial charge in [-0.25, -0.2) is 0 Å². The van der Waals surface area contributed by atoms with E-state index in [0.717, 1.165) is 12.5 Å². The van der Waals surface area contributed by atoms with Gasteiger partial charge in [0.25, 0.3) is 11.8 Å². The molecule has 144 valence electrons. The molecule has 27 heavy (non-hydrogen) atoms. The quantitative estimate of drug-likeness (QED) is 0.492. The molecule has 1 fully saturated rings. The van der Waals surface area contributed by atoms with Gasteiger partial charge in [0.15, 0.2) is 5.82 Å². The summed E-state index contributed by atoms with van der Waals surface area (Å²) in [6, 6.07) is 6.67. The Kier molecular flexibility index (Phi) is 6.51. The van der Waals surface area contributed by atoms with Crippen molar-refractivity contribution in [3.05, 3.63) is 45.0 Å². The lowest BCUT2D eigenvalue weighted by atomic mass is 10.2. The Morgan fingerprint density at radius 3 is 2.78 bits per heavy atom. The van der Waals surface area contributed by atoms with E-state index in [1.54, 1.807) is 24.3 Å². The van der Waals surface area contributed by atoms with Crippen molar-refractivity contribution < 1.29 is 9.59 Å². The molecule has 2 amide bonds. The zero-order valence-corrected chi connectivity index (χ0v) is 17.2. The standard InChI is InChI=1S/C18H21BrClN5O2/c1-10(8-21-9-11-6-7-11)22-18(27)15-14(19)16(25-24-15)23-17(26)12-4-2-3-5-13(12)20/h2-5,10-11,21H,6-9H2,1H3,(H,22,27)(H2,23,24,25,26)/t10-/m1/s1. The Labute approximate surface area is 170 Å². The van der Waals surface area contributed by atoms with Gasteiger partial charge in [-0.3, -0.25) is 14.7 Å². The average Bonchev–Trinajstić information content (AvgIpc) is 3.38. The summed E-state index contributed by atoms with van der Waals surface area (Å²) in [6.07, 6.45) is 2.58. The zero-order chi connectivity index (χ0) is 19.4. The Morgan fingerprint density at radius 2 is 2.07 bits per heavy atom. The fraction of sp³-hybridized carbons (Fsp3) is 0.389. The second-order valence-electron chi connectivity index (χ2n) is 6.67. The van der Waals surface area contributed by atoms with E-state index in [-0.39, 0.29) is 23.5 Å². The van der Waals surface area contributed by atoms with Crippen LogP contribution >= 0.6 is 27.5 Å². The molecule has 1 atom stereocenters. The summed E-state index contributed by atoms with van der Waals surface area (Å²) in [5.74, 6) is 0.314. The highest BCUT2D eigenvalue weighted by molar-refractivity contribution is 9.10. The third-order valence-electron chi connectivity index (χ3n) is 4.24. The highest BCUT2D eigenvalue weighted by atomic mass is 79.9. The van der Waals surface area contributed by atoms with E-state index in [1.807, 2.05) is 6.92 Å². The van der Waals surface area contributed by atoms with Gasteiger partial charge in [0.05, 0.1) is 15.1 Å². The molecule has 1 aliphatic rings. The van der Waals surface area contributed by atoms with Crippen LogP contribution < -0.4 is 16.0 Å². The molecular weight excluding hydrogens is 434 g/mol. The normalized spacial score (nSPS) is 14.6. The second kappa shape index (κ2) is 8.86. The summed E-state index contributed by atoms with van der Waals surface area (Å²) in [6.45, 7) is 3.62. The van der Waals surface area contributed by atoms with Gasteiger partial charge in [0.1, 0.15) is 5.69 Å². The van der Waals surface area contributed by atoms with Crippen molar-refractivity contribution in [3.8, 4) is 0 Å². The van der Waals surface area contributed by atoms with Gasteiger partial charge in [0.2, 0.25) is 0 Å². The lowest BCUT2D eigenvalue weighted by Crippen LogP contribution is -2.40. The van der Waals surface area contributed by atoms with Crippen molar-refractivity contribution in [2.45, 2.75) is 25.8 Å². The van der Waals surface area contributed by atoms with Crippen molar-refractivity contribution in [1.29, 1.82) is 0 Å². The summed E-state index contributed by atoms with van der Waals surface area (Å²) in [7, 11) is 0. The van der Waals surface area contributed by atoms with E-state index in [9.17, 15) is 9.59 Å². The smallest absolute Gasteiger partial charge is 0.270 e. The number of aromatic nitrogens is 2. The van der Waals surface area contributed by atoms with Crippen LogP contribution in [0.3, 0.4) is 0 Å². The first-order chi connectivity index (χ1) is 13.0. The summed E-state index contributed by atoms with van der Waals surface area (Å²) in [4.78, 5) is 24.8. The Hall–Kier alpha value is -1.90. The molecule has 3 rings (SSSR count). The molecule has 0 saturated heterocycles. The number of hydrogen-bond donors (Lipinski definition) is 4. The highest BCUT2D eigenvalue weighted by Gasteiger charge is 2.22.